The van der Waals surface area contributed by atoms with E-state index in [1.54, 1.807) is 4.70 Å². The number of amides is 1. The molecule has 14 heavy (non-hydrogen) atoms. The molecule has 78 valence electrons. The van der Waals surface area contributed by atoms with Crippen molar-refractivity contribution in [2.45, 2.75) is 47.1 Å². The fourth-order valence-corrected chi connectivity index (χ4v) is 1.44. The Kier molecular flexibility index (Phi) is 2.61. The first-order valence-corrected chi connectivity index (χ1v) is 4.98. The van der Waals surface area contributed by atoms with Crippen LogP contribution in [0.5, 0.6) is 0 Å². The Morgan fingerprint density at radius 2 is 1.79 bits per heavy atom. The molecule has 1 aliphatic heterocycles. The zero-order valence-electron chi connectivity index (χ0n) is 9.88. The summed E-state index contributed by atoms with van der Waals surface area (Å²) >= 11 is 0. The minimum Gasteiger partial charge on any atom is -0.216 e. The summed E-state index contributed by atoms with van der Waals surface area (Å²) in [6, 6.07) is 0. The van der Waals surface area contributed by atoms with Crippen molar-refractivity contribution >= 4 is 5.91 Å². The Labute approximate surface area is 85.5 Å². The highest BCUT2D eigenvalue weighted by atomic mass is 16.2. The van der Waals surface area contributed by atoms with Crippen LogP contribution in [0.3, 0.4) is 0 Å². The average molecular weight is 195 g/mol. The van der Waals surface area contributed by atoms with E-state index in [-0.39, 0.29) is 17.4 Å². The SMILES string of the molecule is CC1=C(C)C(C)C(=O)[N+](C(C)(C)C)=N1. The summed E-state index contributed by atoms with van der Waals surface area (Å²) in [7, 11) is 0. The summed E-state index contributed by atoms with van der Waals surface area (Å²) < 4.78 is 1.60. The molecule has 0 aromatic rings. The Morgan fingerprint density at radius 3 is 2.21 bits per heavy atom. The van der Waals surface area contributed by atoms with Crippen LogP contribution in [0.2, 0.25) is 0 Å². The second kappa shape index (κ2) is 3.30. The fourth-order valence-electron chi connectivity index (χ4n) is 1.44. The molecule has 1 heterocycles. The number of azo groups is 2. The first-order valence-electron chi connectivity index (χ1n) is 4.98. The van der Waals surface area contributed by atoms with Gasteiger partial charge in [-0.15, -0.1) is 0 Å². The fraction of sp³-hybridized carbons (Fsp3) is 0.727. The summed E-state index contributed by atoms with van der Waals surface area (Å²) in [5.41, 5.74) is 1.82. The van der Waals surface area contributed by atoms with E-state index in [4.69, 9.17) is 0 Å². The lowest BCUT2D eigenvalue weighted by molar-refractivity contribution is -0.582. The maximum Gasteiger partial charge on any atom is 0.418 e. The van der Waals surface area contributed by atoms with E-state index in [0.29, 0.717) is 0 Å². The minimum absolute atomic E-state index is 0.0354. The van der Waals surface area contributed by atoms with Crippen LogP contribution in [0.15, 0.2) is 16.4 Å². The van der Waals surface area contributed by atoms with Crippen molar-refractivity contribution in [3.63, 3.8) is 0 Å². The van der Waals surface area contributed by atoms with Crippen molar-refractivity contribution in [3.05, 3.63) is 11.3 Å². The highest BCUT2D eigenvalue weighted by Crippen LogP contribution is 2.25. The van der Waals surface area contributed by atoms with Crippen molar-refractivity contribution < 1.29 is 9.49 Å². The van der Waals surface area contributed by atoms with E-state index >= 15 is 0 Å². The van der Waals surface area contributed by atoms with Gasteiger partial charge in [-0.25, -0.2) is 4.79 Å². The predicted octanol–water partition coefficient (Wildman–Crippen LogP) is 2.72. The van der Waals surface area contributed by atoms with Crippen molar-refractivity contribution in [3.8, 4) is 0 Å². The van der Waals surface area contributed by atoms with Gasteiger partial charge in [-0.1, -0.05) is 0 Å². The van der Waals surface area contributed by atoms with Gasteiger partial charge in [0.1, 0.15) is 11.6 Å². The summed E-state index contributed by atoms with van der Waals surface area (Å²) in [5.74, 6) is 0.0623. The number of rotatable bonds is 0. The highest BCUT2D eigenvalue weighted by Gasteiger charge is 2.41. The smallest absolute Gasteiger partial charge is 0.216 e. The topological polar surface area (TPSA) is 32.4 Å². The van der Waals surface area contributed by atoms with Gasteiger partial charge in [-0.3, -0.25) is 0 Å². The van der Waals surface area contributed by atoms with Crippen LogP contribution >= 0.6 is 0 Å². The molecule has 0 N–H and O–H groups in total. The van der Waals surface area contributed by atoms with Crippen LogP contribution < -0.4 is 0 Å². The molecule has 1 atom stereocenters. The second-order valence-corrected chi connectivity index (χ2v) is 4.91. The van der Waals surface area contributed by atoms with Crippen molar-refractivity contribution in [2.24, 2.45) is 11.0 Å². The lowest BCUT2D eigenvalue weighted by Crippen LogP contribution is -2.41. The minimum atomic E-state index is -0.229. The summed E-state index contributed by atoms with van der Waals surface area (Å²) in [6.07, 6.45) is 0. The molecule has 0 fully saturated rings. The predicted molar refractivity (Wildman–Crippen MR) is 55.0 cm³/mol. The first-order chi connectivity index (χ1) is 6.25. The second-order valence-electron chi connectivity index (χ2n) is 4.91. The maximum atomic E-state index is 11.9. The van der Waals surface area contributed by atoms with E-state index in [9.17, 15) is 4.79 Å². The van der Waals surface area contributed by atoms with Crippen LogP contribution in [0.4, 0.5) is 0 Å². The van der Waals surface area contributed by atoms with Crippen LogP contribution in [0, 0.1) is 5.92 Å². The molecule has 3 nitrogen and oxygen atoms in total. The van der Waals surface area contributed by atoms with Crippen LogP contribution in [-0.4, -0.2) is 16.1 Å². The average Bonchev–Trinajstić information content (AvgIpc) is 2.06. The third-order valence-electron chi connectivity index (χ3n) is 2.68. The number of allylic oxidation sites excluding steroid dienone is 1. The summed E-state index contributed by atoms with van der Waals surface area (Å²) in [6.45, 7) is 11.9. The number of nitrogens with zero attached hydrogens (tertiary/aromatic N) is 2. The Hall–Kier alpha value is -0.990. The van der Waals surface area contributed by atoms with Crippen molar-refractivity contribution in [1.29, 1.82) is 0 Å². The molecule has 0 radical (unpaired) electrons. The molecule has 0 saturated heterocycles. The van der Waals surface area contributed by atoms with Gasteiger partial charge in [-0.05, 0) is 36.2 Å². The van der Waals surface area contributed by atoms with Crippen LogP contribution in [0.1, 0.15) is 41.5 Å². The van der Waals surface area contributed by atoms with E-state index in [0.717, 1.165) is 11.3 Å². The molecule has 0 aromatic heterocycles. The van der Waals surface area contributed by atoms with Crippen molar-refractivity contribution in [1.82, 2.24) is 0 Å². The third kappa shape index (κ3) is 1.76. The monoisotopic (exact) mass is 195 g/mol. The lowest BCUT2D eigenvalue weighted by atomic mass is 9.96. The van der Waals surface area contributed by atoms with Gasteiger partial charge < -0.3 is 0 Å². The standard InChI is InChI=1S/C11H19N2O/c1-7-8(2)10(14)13(11(4,5)6)12-9(7)3/h8H,1-6H3/q+1. The first kappa shape index (κ1) is 11.1. The highest BCUT2D eigenvalue weighted by molar-refractivity contribution is 5.74. The Morgan fingerprint density at radius 1 is 1.29 bits per heavy atom. The van der Waals surface area contributed by atoms with E-state index in [1.165, 1.54) is 0 Å². The van der Waals surface area contributed by atoms with E-state index in [2.05, 4.69) is 5.11 Å². The zero-order valence-corrected chi connectivity index (χ0v) is 9.88. The van der Waals surface area contributed by atoms with E-state index < -0.39 is 0 Å². The lowest BCUT2D eigenvalue weighted by Gasteiger charge is -2.20. The van der Waals surface area contributed by atoms with Gasteiger partial charge in [0.05, 0.1) is 0 Å². The molecule has 1 unspecified atom stereocenters. The van der Waals surface area contributed by atoms with Crippen LogP contribution in [0.25, 0.3) is 0 Å². The molecule has 1 amide bonds. The Bertz CT molecular complexity index is 332. The molecule has 0 aromatic carbocycles. The molecule has 0 bridgehead atoms. The van der Waals surface area contributed by atoms with Gasteiger partial charge in [0.25, 0.3) is 0 Å². The molecule has 0 aliphatic carbocycles. The van der Waals surface area contributed by atoms with Gasteiger partial charge >= 0.3 is 5.91 Å². The summed E-state index contributed by atoms with van der Waals surface area (Å²) in [5, 5.41) is 4.33. The van der Waals surface area contributed by atoms with Gasteiger partial charge in [-0.2, -0.15) is 0 Å². The third-order valence-corrected chi connectivity index (χ3v) is 2.68. The molecule has 0 spiro atoms. The largest absolute Gasteiger partial charge is 0.418 e. The molecular weight excluding hydrogens is 176 g/mol. The molecular formula is C11H19N2O+. The van der Waals surface area contributed by atoms with Crippen LogP contribution in [-0.2, 0) is 4.79 Å². The van der Waals surface area contributed by atoms with Gasteiger partial charge in [0.2, 0.25) is 0 Å². The van der Waals surface area contributed by atoms with Gasteiger partial charge in [0.15, 0.2) is 5.54 Å². The molecule has 3 heteroatoms. The van der Waals surface area contributed by atoms with E-state index in [1.807, 2.05) is 41.5 Å². The number of carbonyl (C=O) groups is 1. The number of hydrogen-bond donors (Lipinski definition) is 0. The summed E-state index contributed by atoms with van der Waals surface area (Å²) in [4.78, 5) is 11.9. The number of hydrogen-bond acceptors (Lipinski definition) is 2. The molecule has 1 rings (SSSR count). The van der Waals surface area contributed by atoms with Gasteiger partial charge in [0, 0.05) is 20.8 Å². The quantitative estimate of drug-likeness (QED) is 0.547. The Balaban J connectivity index is 3.22. The zero-order chi connectivity index (χ0) is 11.1. The normalized spacial score (nSPS) is 24.0. The maximum absolute atomic E-state index is 11.9. The molecule has 0 saturated carbocycles. The number of carbonyl (C=O) groups excluding carboxylic acids is 1. The van der Waals surface area contributed by atoms with Crippen molar-refractivity contribution in [2.75, 3.05) is 0 Å². The molecule has 1 aliphatic rings.